The number of likely N-dealkylation sites (tertiary alicyclic amines) is 1. The standard InChI is InChI=1S/C51H63N7O3Si/c1-34-44(50(60)58(47-28-41(30-52)54(6)35(47)2)40-17-19-43(20-18-40)61-62(8,9)51(3,4)5)29-48(55(34)7)45-26-37-21-22-53-31-39(37)27-46(45)49(59)57-32-38-16-12-11-15-36(38)25-42(57)33-56-23-13-10-14-24-56/h11-12,15-20,26-29,42,53H,10,13-14,21-25,31-33H2,1-9H3/t42-/m0/s1. The summed E-state index contributed by atoms with van der Waals surface area (Å²) >= 11 is 0. The number of aromatic nitrogens is 2. The van der Waals surface area contributed by atoms with Gasteiger partial charge in [-0.25, -0.2) is 0 Å². The number of nitrogens with one attached hydrogen (secondary N) is 1. The van der Waals surface area contributed by atoms with Crippen molar-refractivity contribution < 1.29 is 14.0 Å². The van der Waals surface area contributed by atoms with E-state index < -0.39 is 8.32 Å². The summed E-state index contributed by atoms with van der Waals surface area (Å²) in [6.07, 6.45) is 5.35. The molecule has 1 saturated heterocycles. The number of nitriles is 1. The molecule has 1 atom stereocenters. The van der Waals surface area contributed by atoms with Gasteiger partial charge in [0, 0.05) is 73.7 Å². The van der Waals surface area contributed by atoms with Crippen LogP contribution in [0.15, 0.2) is 72.8 Å². The van der Waals surface area contributed by atoms with Crippen molar-refractivity contribution in [3.63, 3.8) is 0 Å². The Kier molecular flexibility index (Phi) is 11.9. The summed E-state index contributed by atoms with van der Waals surface area (Å²) in [7, 11) is 1.73. The van der Waals surface area contributed by atoms with E-state index in [0.717, 1.165) is 73.0 Å². The third-order valence-electron chi connectivity index (χ3n) is 14.4. The molecule has 62 heavy (non-hydrogen) atoms. The predicted octanol–water partition coefficient (Wildman–Crippen LogP) is 9.58. The first-order valence-electron chi connectivity index (χ1n) is 22.4. The second kappa shape index (κ2) is 17.0. The van der Waals surface area contributed by atoms with Crippen molar-refractivity contribution >= 4 is 31.5 Å². The average molecular weight is 850 g/mol. The third kappa shape index (κ3) is 8.16. The van der Waals surface area contributed by atoms with E-state index in [1.165, 1.54) is 36.0 Å². The largest absolute Gasteiger partial charge is 0.544 e. The van der Waals surface area contributed by atoms with Gasteiger partial charge in [0.25, 0.3) is 11.8 Å². The third-order valence-corrected chi connectivity index (χ3v) is 18.7. The van der Waals surface area contributed by atoms with Gasteiger partial charge in [-0.1, -0.05) is 51.5 Å². The summed E-state index contributed by atoms with van der Waals surface area (Å²) in [6.45, 7) is 20.2. The Hall–Kier alpha value is -5.41. The number of benzene rings is 3. The lowest BCUT2D eigenvalue weighted by Crippen LogP contribution is -2.51. The summed E-state index contributed by atoms with van der Waals surface area (Å²) in [5.41, 5.74) is 11.1. The van der Waals surface area contributed by atoms with E-state index in [-0.39, 0.29) is 22.9 Å². The molecule has 2 aromatic heterocycles. The molecule has 10 nitrogen and oxygen atoms in total. The second-order valence-corrected chi connectivity index (χ2v) is 24.0. The minimum Gasteiger partial charge on any atom is -0.544 e. The first-order valence-corrected chi connectivity index (χ1v) is 25.3. The molecule has 1 fully saturated rings. The van der Waals surface area contributed by atoms with Crippen LogP contribution in [0.4, 0.5) is 11.4 Å². The lowest BCUT2D eigenvalue weighted by atomic mass is 9.89. The molecule has 3 aliphatic rings. The number of amides is 2. The molecule has 8 rings (SSSR count). The maximum atomic E-state index is 15.4. The van der Waals surface area contributed by atoms with Gasteiger partial charge < -0.3 is 28.7 Å². The fourth-order valence-corrected chi connectivity index (χ4v) is 10.3. The number of hydrogen-bond acceptors (Lipinski definition) is 6. The van der Waals surface area contributed by atoms with Gasteiger partial charge in [0.15, 0.2) is 0 Å². The molecule has 0 saturated carbocycles. The van der Waals surface area contributed by atoms with E-state index >= 15 is 9.59 Å². The number of hydrogen-bond donors (Lipinski definition) is 1. The molecule has 0 aliphatic carbocycles. The highest BCUT2D eigenvalue weighted by molar-refractivity contribution is 6.74. The fourth-order valence-electron chi connectivity index (χ4n) is 9.29. The molecule has 1 N–H and O–H groups in total. The van der Waals surface area contributed by atoms with Gasteiger partial charge in [-0.15, -0.1) is 0 Å². The van der Waals surface area contributed by atoms with Crippen LogP contribution in [0.2, 0.25) is 18.1 Å². The topological polar surface area (TPSA) is 98.8 Å². The lowest BCUT2D eigenvalue weighted by Gasteiger charge is -2.41. The monoisotopic (exact) mass is 849 g/mol. The van der Waals surface area contributed by atoms with Crippen LogP contribution in [-0.4, -0.2) is 71.3 Å². The van der Waals surface area contributed by atoms with Crippen molar-refractivity contribution in [2.24, 2.45) is 14.1 Å². The smallest absolute Gasteiger partial charge is 0.264 e. The zero-order chi connectivity index (χ0) is 44.1. The Morgan fingerprint density at radius 2 is 1.58 bits per heavy atom. The maximum Gasteiger partial charge on any atom is 0.264 e. The van der Waals surface area contributed by atoms with Gasteiger partial charge in [-0.2, -0.15) is 5.26 Å². The molecule has 11 heteroatoms. The van der Waals surface area contributed by atoms with Gasteiger partial charge >= 0.3 is 0 Å². The number of carbonyl (C=O) groups excluding carboxylic acids is 2. The zero-order valence-corrected chi connectivity index (χ0v) is 39.2. The van der Waals surface area contributed by atoms with Gasteiger partial charge in [-0.3, -0.25) is 14.5 Å². The minimum atomic E-state index is -2.11. The van der Waals surface area contributed by atoms with Crippen molar-refractivity contribution in [2.45, 2.75) is 104 Å². The molecule has 5 aromatic rings. The van der Waals surface area contributed by atoms with Crippen LogP contribution < -0.4 is 14.6 Å². The summed E-state index contributed by atoms with van der Waals surface area (Å²) in [6, 6.07) is 26.8. The summed E-state index contributed by atoms with van der Waals surface area (Å²) < 4.78 is 10.5. The van der Waals surface area contributed by atoms with Crippen molar-refractivity contribution in [1.82, 2.24) is 24.3 Å². The van der Waals surface area contributed by atoms with E-state index in [2.05, 4.69) is 96.0 Å². The number of piperidine rings is 1. The van der Waals surface area contributed by atoms with Gasteiger partial charge in [0.1, 0.15) is 17.5 Å². The van der Waals surface area contributed by atoms with Crippen LogP contribution in [0.3, 0.4) is 0 Å². The van der Waals surface area contributed by atoms with Crippen LogP contribution in [0.5, 0.6) is 5.75 Å². The zero-order valence-electron chi connectivity index (χ0n) is 38.2. The Labute approximate surface area is 369 Å². The van der Waals surface area contributed by atoms with Crippen LogP contribution in [0.1, 0.15) is 100 Å². The predicted molar refractivity (Wildman–Crippen MR) is 251 cm³/mol. The quantitative estimate of drug-likeness (QED) is 0.149. The van der Waals surface area contributed by atoms with E-state index in [1.807, 2.05) is 62.8 Å². The van der Waals surface area contributed by atoms with Crippen LogP contribution >= 0.6 is 0 Å². The summed E-state index contributed by atoms with van der Waals surface area (Å²) in [4.78, 5) is 37.1. The highest BCUT2D eigenvalue weighted by Gasteiger charge is 2.39. The molecule has 2 amide bonds. The Morgan fingerprint density at radius 1 is 0.871 bits per heavy atom. The van der Waals surface area contributed by atoms with Crippen LogP contribution in [-0.2, 0) is 40.0 Å². The van der Waals surface area contributed by atoms with Crippen molar-refractivity contribution in [1.29, 1.82) is 5.26 Å². The molecular formula is C51H63N7O3Si. The first kappa shape index (κ1) is 43.2. The van der Waals surface area contributed by atoms with Gasteiger partial charge in [0.2, 0.25) is 8.32 Å². The van der Waals surface area contributed by atoms with E-state index in [4.69, 9.17) is 4.43 Å². The molecule has 5 heterocycles. The van der Waals surface area contributed by atoms with Crippen LogP contribution in [0.25, 0.3) is 11.3 Å². The van der Waals surface area contributed by atoms with E-state index in [9.17, 15) is 5.26 Å². The molecule has 0 bridgehead atoms. The van der Waals surface area contributed by atoms with Crippen molar-refractivity contribution in [3.05, 3.63) is 123 Å². The maximum absolute atomic E-state index is 15.4. The number of nitrogens with zero attached hydrogens (tertiary/aromatic N) is 6. The van der Waals surface area contributed by atoms with Crippen LogP contribution in [0, 0.1) is 25.2 Å². The average Bonchev–Trinajstić information content (AvgIpc) is 3.72. The molecule has 0 unspecified atom stereocenters. The first-order chi connectivity index (χ1) is 29.6. The highest BCUT2D eigenvalue weighted by atomic mass is 28.4. The molecule has 0 spiro atoms. The summed E-state index contributed by atoms with van der Waals surface area (Å²) in [5, 5.41) is 13.6. The van der Waals surface area contributed by atoms with Gasteiger partial charge in [0.05, 0.1) is 11.3 Å². The molecule has 3 aromatic carbocycles. The number of carbonyl (C=O) groups is 2. The van der Waals surface area contributed by atoms with E-state index in [0.29, 0.717) is 41.3 Å². The SMILES string of the molecule is Cc1c(N(C(=O)c2cc(-c3cc4c(cc3C(=O)N3Cc5ccccc5C[C@H]3CN3CCCCC3)CNCC4)n(C)c2C)c2ccc(O[Si](C)(C)C(C)(C)C)cc2)cc(C#N)n1C. The Balaban J connectivity index is 1.21. The fraction of sp³-hybridized carbons (Fsp3) is 0.431. The normalized spacial score (nSPS) is 17.0. The second-order valence-electron chi connectivity index (χ2n) is 19.3. The molecular weight excluding hydrogens is 787 g/mol. The van der Waals surface area contributed by atoms with Crippen molar-refractivity contribution in [2.75, 3.05) is 31.1 Å². The highest BCUT2D eigenvalue weighted by Crippen LogP contribution is 2.40. The molecule has 324 valence electrons. The summed E-state index contributed by atoms with van der Waals surface area (Å²) in [5.74, 6) is 0.579. The van der Waals surface area contributed by atoms with Crippen molar-refractivity contribution in [3.8, 4) is 23.1 Å². The number of anilines is 2. The number of rotatable bonds is 9. The van der Waals surface area contributed by atoms with E-state index in [1.54, 1.807) is 11.0 Å². The Morgan fingerprint density at radius 3 is 2.26 bits per heavy atom. The molecule has 0 radical (unpaired) electrons. The number of fused-ring (bicyclic) bond motifs is 2. The molecule has 3 aliphatic heterocycles. The van der Waals surface area contributed by atoms with Gasteiger partial charge in [-0.05, 0) is 148 Å². The minimum absolute atomic E-state index is 0.0263. The Bertz CT molecular complexity index is 2550. The lowest BCUT2D eigenvalue weighted by molar-refractivity contribution is 0.0566.